The molecule has 5 nitrogen and oxygen atoms in total. The van der Waals surface area contributed by atoms with Gasteiger partial charge in [-0.2, -0.15) is 0 Å². The Labute approximate surface area is 142 Å². The molecule has 0 bridgehead atoms. The van der Waals surface area contributed by atoms with E-state index in [1.54, 1.807) is 18.2 Å². The summed E-state index contributed by atoms with van der Waals surface area (Å²) in [6.07, 6.45) is 2.97. The third kappa shape index (κ3) is 5.41. The quantitative estimate of drug-likeness (QED) is 0.777. The van der Waals surface area contributed by atoms with Crippen molar-refractivity contribution in [3.8, 4) is 0 Å². The Morgan fingerprint density at radius 1 is 1.22 bits per heavy atom. The molecule has 0 aliphatic carbocycles. The number of nitrogens with one attached hydrogen (secondary N) is 2. The molecule has 0 saturated heterocycles. The van der Waals surface area contributed by atoms with E-state index in [1.807, 2.05) is 26.0 Å². The summed E-state index contributed by atoms with van der Waals surface area (Å²) in [4.78, 5) is 4.23. The van der Waals surface area contributed by atoms with Crippen molar-refractivity contribution in [2.45, 2.75) is 26.7 Å². The summed E-state index contributed by atoms with van der Waals surface area (Å²) >= 11 is 5.93. The van der Waals surface area contributed by atoms with Gasteiger partial charge < -0.3 is 5.32 Å². The van der Waals surface area contributed by atoms with Gasteiger partial charge in [-0.3, -0.25) is 4.72 Å². The zero-order valence-electron chi connectivity index (χ0n) is 13.1. The van der Waals surface area contributed by atoms with Crippen molar-refractivity contribution in [3.63, 3.8) is 0 Å². The van der Waals surface area contributed by atoms with Gasteiger partial charge in [0.25, 0.3) is 0 Å². The number of rotatable bonds is 7. The molecule has 23 heavy (non-hydrogen) atoms. The van der Waals surface area contributed by atoms with Crippen LogP contribution < -0.4 is 10.0 Å². The van der Waals surface area contributed by atoms with Crippen LogP contribution in [-0.4, -0.2) is 19.2 Å². The molecule has 2 rings (SSSR count). The van der Waals surface area contributed by atoms with Crippen LogP contribution in [-0.2, 0) is 10.0 Å². The number of hydrogen-bond acceptors (Lipinski definition) is 4. The average molecular weight is 354 g/mol. The second-order valence-corrected chi connectivity index (χ2v) is 7.57. The van der Waals surface area contributed by atoms with Crippen molar-refractivity contribution in [1.82, 2.24) is 4.98 Å². The topological polar surface area (TPSA) is 71.1 Å². The number of sulfonamides is 1. The fraction of sp³-hybridized carbons (Fsp3) is 0.312. The first-order valence-corrected chi connectivity index (χ1v) is 9.42. The number of hydrogen-bond donors (Lipinski definition) is 2. The van der Waals surface area contributed by atoms with Crippen LogP contribution in [0.25, 0.3) is 0 Å². The van der Waals surface area contributed by atoms with Gasteiger partial charge >= 0.3 is 0 Å². The summed E-state index contributed by atoms with van der Waals surface area (Å²) in [6, 6.07) is 8.95. The summed E-state index contributed by atoms with van der Waals surface area (Å²) in [5.74, 6) is 0.750. The molecule has 0 aliphatic rings. The van der Waals surface area contributed by atoms with E-state index in [-0.39, 0.29) is 5.75 Å². The Morgan fingerprint density at radius 3 is 2.61 bits per heavy atom. The van der Waals surface area contributed by atoms with Crippen LogP contribution in [0.2, 0.25) is 5.02 Å². The van der Waals surface area contributed by atoms with Crippen LogP contribution in [0.3, 0.4) is 0 Å². The van der Waals surface area contributed by atoms with Gasteiger partial charge in [0.1, 0.15) is 5.82 Å². The fourth-order valence-corrected chi connectivity index (χ4v) is 3.48. The van der Waals surface area contributed by atoms with Crippen LogP contribution in [0, 0.1) is 6.92 Å². The molecular formula is C16H20ClN3O2S. The highest BCUT2D eigenvalue weighted by atomic mass is 35.5. The first-order valence-electron chi connectivity index (χ1n) is 7.39. The minimum atomic E-state index is -3.31. The van der Waals surface area contributed by atoms with Crippen LogP contribution in [0.15, 0.2) is 36.5 Å². The number of pyridine rings is 1. The van der Waals surface area contributed by atoms with Gasteiger partial charge in [-0.25, -0.2) is 13.4 Å². The Hall–Kier alpha value is -1.79. The normalized spacial score (nSPS) is 11.3. The van der Waals surface area contributed by atoms with Gasteiger partial charge in [0.15, 0.2) is 0 Å². The largest absolute Gasteiger partial charge is 0.340 e. The molecule has 0 saturated carbocycles. The van der Waals surface area contributed by atoms with Gasteiger partial charge in [0.05, 0.1) is 17.6 Å². The van der Waals surface area contributed by atoms with Crippen molar-refractivity contribution in [2.24, 2.45) is 0 Å². The monoisotopic (exact) mass is 353 g/mol. The molecule has 0 spiro atoms. The van der Waals surface area contributed by atoms with Crippen LogP contribution in [0.5, 0.6) is 0 Å². The fourth-order valence-electron chi connectivity index (χ4n) is 2.00. The summed E-state index contributed by atoms with van der Waals surface area (Å²) in [5.41, 5.74) is 2.36. The molecule has 2 aromatic rings. The van der Waals surface area contributed by atoms with E-state index in [2.05, 4.69) is 15.0 Å². The number of benzene rings is 1. The van der Waals surface area contributed by atoms with E-state index in [9.17, 15) is 8.42 Å². The number of unbranched alkanes of at least 4 members (excludes halogenated alkanes) is 1. The number of aromatic nitrogens is 1. The Kier molecular flexibility index (Phi) is 5.85. The summed E-state index contributed by atoms with van der Waals surface area (Å²) in [5, 5.41) is 3.86. The molecule has 7 heteroatoms. The predicted molar refractivity (Wildman–Crippen MR) is 96.0 cm³/mol. The maximum atomic E-state index is 11.8. The number of halogens is 1. The molecule has 0 atom stereocenters. The lowest BCUT2D eigenvalue weighted by molar-refractivity contribution is 0.598. The second-order valence-electron chi connectivity index (χ2n) is 5.29. The number of anilines is 3. The molecule has 1 heterocycles. The third-order valence-corrected chi connectivity index (χ3v) is 4.86. The van der Waals surface area contributed by atoms with Gasteiger partial charge in [-0.1, -0.05) is 24.9 Å². The van der Waals surface area contributed by atoms with E-state index >= 15 is 0 Å². The first-order chi connectivity index (χ1) is 10.9. The molecule has 0 aliphatic heterocycles. The minimum Gasteiger partial charge on any atom is -0.340 e. The molecule has 1 aromatic heterocycles. The van der Waals surface area contributed by atoms with E-state index in [0.717, 1.165) is 17.7 Å². The van der Waals surface area contributed by atoms with Crippen molar-refractivity contribution in [2.75, 3.05) is 15.8 Å². The maximum Gasteiger partial charge on any atom is 0.232 e. The Morgan fingerprint density at radius 2 is 2.00 bits per heavy atom. The first kappa shape index (κ1) is 17.6. The van der Waals surface area contributed by atoms with Crippen molar-refractivity contribution >= 4 is 38.8 Å². The van der Waals surface area contributed by atoms with Crippen molar-refractivity contribution in [1.29, 1.82) is 0 Å². The average Bonchev–Trinajstić information content (AvgIpc) is 2.50. The van der Waals surface area contributed by atoms with Crippen LogP contribution >= 0.6 is 11.6 Å². The molecule has 0 fully saturated rings. The summed E-state index contributed by atoms with van der Waals surface area (Å²) in [7, 11) is -3.31. The second kappa shape index (κ2) is 7.66. The highest BCUT2D eigenvalue weighted by molar-refractivity contribution is 7.92. The van der Waals surface area contributed by atoms with Gasteiger partial charge in [0, 0.05) is 10.7 Å². The lowest BCUT2D eigenvalue weighted by atomic mass is 10.2. The number of aryl methyl sites for hydroxylation is 1. The molecule has 0 radical (unpaired) electrons. The Balaban J connectivity index is 2.05. The van der Waals surface area contributed by atoms with Gasteiger partial charge in [-0.15, -0.1) is 0 Å². The molecule has 0 amide bonds. The molecule has 0 unspecified atom stereocenters. The van der Waals surface area contributed by atoms with Crippen LogP contribution in [0.4, 0.5) is 17.2 Å². The molecule has 124 valence electrons. The van der Waals surface area contributed by atoms with E-state index < -0.39 is 10.0 Å². The lowest BCUT2D eigenvalue weighted by Crippen LogP contribution is -2.16. The van der Waals surface area contributed by atoms with Crippen molar-refractivity contribution in [3.05, 3.63) is 47.1 Å². The van der Waals surface area contributed by atoms with Crippen molar-refractivity contribution < 1.29 is 8.42 Å². The summed E-state index contributed by atoms with van der Waals surface area (Å²) in [6.45, 7) is 3.90. The SMILES string of the molecule is CCCCS(=O)(=O)Nc1ccc(Nc2ccc(Cl)cc2C)nc1. The van der Waals surface area contributed by atoms with E-state index in [0.29, 0.717) is 22.9 Å². The Bertz CT molecular complexity index is 761. The van der Waals surface area contributed by atoms with Crippen LogP contribution in [0.1, 0.15) is 25.3 Å². The number of nitrogens with zero attached hydrogens (tertiary/aromatic N) is 1. The van der Waals surface area contributed by atoms with E-state index in [1.165, 1.54) is 6.20 Å². The molecular weight excluding hydrogens is 334 g/mol. The highest BCUT2D eigenvalue weighted by Crippen LogP contribution is 2.23. The zero-order chi connectivity index (χ0) is 16.9. The van der Waals surface area contributed by atoms with Gasteiger partial charge in [-0.05, 0) is 49.2 Å². The van der Waals surface area contributed by atoms with E-state index in [4.69, 9.17) is 11.6 Å². The predicted octanol–water partition coefficient (Wildman–Crippen LogP) is 4.33. The molecule has 2 N–H and O–H groups in total. The smallest absolute Gasteiger partial charge is 0.232 e. The highest BCUT2D eigenvalue weighted by Gasteiger charge is 2.09. The molecule has 1 aromatic carbocycles. The standard InChI is InChI=1S/C16H20ClN3O2S/c1-3-4-9-23(21,22)20-14-6-8-16(18-11-14)19-15-7-5-13(17)10-12(15)2/h5-8,10-11,20H,3-4,9H2,1-2H3,(H,18,19). The zero-order valence-corrected chi connectivity index (χ0v) is 14.7. The lowest BCUT2D eigenvalue weighted by Gasteiger charge is -2.11. The minimum absolute atomic E-state index is 0.119. The van der Waals surface area contributed by atoms with Gasteiger partial charge in [0.2, 0.25) is 10.0 Å². The maximum absolute atomic E-state index is 11.8. The summed E-state index contributed by atoms with van der Waals surface area (Å²) < 4.78 is 26.2. The third-order valence-electron chi connectivity index (χ3n) is 3.25.